The van der Waals surface area contributed by atoms with Crippen LogP contribution in [0, 0.1) is 0 Å². The Kier molecular flexibility index (Phi) is 8.57. The summed E-state index contributed by atoms with van der Waals surface area (Å²) in [4.78, 5) is 4.34. The van der Waals surface area contributed by atoms with E-state index in [1.54, 1.807) is 18.3 Å². The Hall–Kier alpha value is -1.78. The van der Waals surface area contributed by atoms with Crippen LogP contribution in [-0.2, 0) is 17.0 Å². The number of phenolic OH excluding ortho intramolecular Hbond substituents is 1. The number of hydrogen-bond acceptors (Lipinski definition) is 3. The summed E-state index contributed by atoms with van der Waals surface area (Å²) in [6.45, 7) is 0. The standard InChI is InChI=1S/C19H15NO2.2ClH.Ti/c21-19-15(14-20-16-9-3-1-4-10-16)8-7-13-18(19)22-17-11-5-2-6-12-17;;;/h1-14,21H;2*1H;/q;;;+2/p-2. The van der Waals surface area contributed by atoms with Gasteiger partial charge in [-0.3, -0.25) is 4.99 Å². The van der Waals surface area contributed by atoms with Crippen LogP contribution in [0.2, 0.25) is 0 Å². The van der Waals surface area contributed by atoms with Crippen LogP contribution in [0.1, 0.15) is 5.56 Å². The van der Waals surface area contributed by atoms with Gasteiger partial charge in [-0.25, -0.2) is 0 Å². The Balaban J connectivity index is 0.000000701. The Morgan fingerprint density at radius 1 is 0.840 bits per heavy atom. The number of hydrogen-bond donors (Lipinski definition) is 1. The molecule has 0 bridgehead atoms. The minimum absolute atomic E-state index is 0.0750. The van der Waals surface area contributed by atoms with Gasteiger partial charge in [0, 0.05) is 11.8 Å². The van der Waals surface area contributed by atoms with E-state index in [1.165, 1.54) is 0 Å². The summed E-state index contributed by atoms with van der Waals surface area (Å²) in [5, 5.41) is 10.3. The molecule has 0 heterocycles. The van der Waals surface area contributed by atoms with Gasteiger partial charge < -0.3 is 9.84 Å². The molecule has 1 N–H and O–H groups in total. The van der Waals surface area contributed by atoms with Crippen molar-refractivity contribution in [1.82, 2.24) is 0 Å². The zero-order valence-electron chi connectivity index (χ0n) is 13.1. The van der Waals surface area contributed by atoms with E-state index in [-0.39, 0.29) is 5.75 Å². The molecule has 25 heavy (non-hydrogen) atoms. The van der Waals surface area contributed by atoms with Crippen molar-refractivity contribution >= 4 is 30.5 Å². The zero-order chi connectivity index (χ0) is 17.9. The third kappa shape index (κ3) is 6.56. The van der Waals surface area contributed by atoms with Crippen molar-refractivity contribution in [2.75, 3.05) is 0 Å². The molecule has 0 radical (unpaired) electrons. The summed E-state index contributed by atoms with van der Waals surface area (Å²) in [7, 11) is 9.78. The monoisotopic (exact) mass is 407 g/mol. The fraction of sp³-hybridized carbons (Fsp3) is 0. The van der Waals surface area contributed by atoms with Crippen LogP contribution in [0.4, 0.5) is 5.69 Å². The second-order valence-electron chi connectivity index (χ2n) is 4.77. The van der Waals surface area contributed by atoms with E-state index in [0.717, 1.165) is 5.69 Å². The first-order valence-corrected chi connectivity index (χ1v) is 11.6. The first-order chi connectivity index (χ1) is 12.2. The van der Waals surface area contributed by atoms with Crippen molar-refractivity contribution in [2.24, 2.45) is 4.99 Å². The molecule has 0 aliphatic rings. The third-order valence-corrected chi connectivity index (χ3v) is 3.11. The van der Waals surface area contributed by atoms with E-state index >= 15 is 0 Å². The van der Waals surface area contributed by atoms with Gasteiger partial charge >= 0.3 is 35.6 Å². The van der Waals surface area contributed by atoms with E-state index in [2.05, 4.69) is 4.99 Å². The van der Waals surface area contributed by atoms with Crippen LogP contribution in [0.5, 0.6) is 17.2 Å². The molecule has 0 amide bonds. The molecule has 0 saturated carbocycles. The number of ether oxygens (including phenoxy) is 1. The molecule has 0 fully saturated rings. The Morgan fingerprint density at radius 2 is 1.44 bits per heavy atom. The van der Waals surface area contributed by atoms with Gasteiger partial charge in [-0.15, -0.1) is 0 Å². The molecular formula is C19H15Cl2NO2Ti. The first-order valence-electron chi connectivity index (χ1n) is 7.35. The zero-order valence-corrected chi connectivity index (χ0v) is 16.2. The molecule has 3 rings (SSSR count). The van der Waals surface area contributed by atoms with Crippen molar-refractivity contribution in [3.05, 3.63) is 84.4 Å². The molecule has 3 aromatic carbocycles. The normalized spacial score (nSPS) is 10.0. The third-order valence-electron chi connectivity index (χ3n) is 3.11. The summed E-state index contributed by atoms with van der Waals surface area (Å²) in [5.41, 5.74) is 1.44. The summed E-state index contributed by atoms with van der Waals surface area (Å²) < 4.78 is 5.69. The van der Waals surface area contributed by atoms with Crippen LogP contribution < -0.4 is 4.74 Å². The van der Waals surface area contributed by atoms with Gasteiger partial charge in [-0.1, -0.05) is 42.5 Å². The Bertz CT molecular complexity index is 799. The van der Waals surface area contributed by atoms with Crippen LogP contribution in [0.25, 0.3) is 0 Å². The van der Waals surface area contributed by atoms with Crippen molar-refractivity contribution in [1.29, 1.82) is 0 Å². The van der Waals surface area contributed by atoms with E-state index in [9.17, 15) is 5.11 Å². The molecule has 6 heteroatoms. The maximum atomic E-state index is 10.3. The van der Waals surface area contributed by atoms with E-state index in [0.29, 0.717) is 17.1 Å². The van der Waals surface area contributed by atoms with E-state index in [1.807, 2.05) is 66.7 Å². The van der Waals surface area contributed by atoms with Gasteiger partial charge in [0.2, 0.25) is 0 Å². The Labute approximate surface area is 163 Å². The molecule has 0 aliphatic carbocycles. The molecule has 126 valence electrons. The summed E-state index contributed by atoms with van der Waals surface area (Å²) >= 11 is -0.556. The van der Waals surface area contributed by atoms with Gasteiger partial charge in [0.15, 0.2) is 11.5 Å². The molecule has 0 aliphatic heterocycles. The second-order valence-corrected chi connectivity index (χ2v) is 7.35. The van der Waals surface area contributed by atoms with Crippen molar-refractivity contribution in [2.45, 2.75) is 0 Å². The maximum absolute atomic E-state index is 10.3. The average Bonchev–Trinajstić information content (AvgIpc) is 2.65. The summed E-state index contributed by atoms with van der Waals surface area (Å²) in [6, 6.07) is 24.3. The van der Waals surface area contributed by atoms with Gasteiger partial charge in [0.25, 0.3) is 0 Å². The van der Waals surface area contributed by atoms with Crippen LogP contribution in [0.15, 0.2) is 83.9 Å². The predicted octanol–water partition coefficient (Wildman–Crippen LogP) is 6.31. The molecule has 3 nitrogen and oxygen atoms in total. The number of para-hydroxylation sites is 3. The number of aliphatic imine (C=N–C) groups is 1. The van der Waals surface area contributed by atoms with Crippen LogP contribution >= 0.6 is 18.6 Å². The predicted molar refractivity (Wildman–Crippen MR) is 100 cm³/mol. The number of halogens is 2. The molecule has 0 unspecified atom stereocenters. The second kappa shape index (κ2) is 11.0. The molecular weight excluding hydrogens is 393 g/mol. The summed E-state index contributed by atoms with van der Waals surface area (Å²) in [5.74, 6) is 1.16. The van der Waals surface area contributed by atoms with Gasteiger partial charge in [-0.05, 0) is 36.4 Å². The van der Waals surface area contributed by atoms with E-state index in [4.69, 9.17) is 23.3 Å². The van der Waals surface area contributed by atoms with Crippen LogP contribution in [0.3, 0.4) is 0 Å². The van der Waals surface area contributed by atoms with Crippen LogP contribution in [-0.4, -0.2) is 11.3 Å². The number of phenols is 1. The molecule has 0 spiro atoms. The van der Waals surface area contributed by atoms with E-state index < -0.39 is 17.0 Å². The number of aromatic hydroxyl groups is 1. The molecule has 0 saturated heterocycles. The van der Waals surface area contributed by atoms with Gasteiger partial charge in [-0.2, -0.15) is 0 Å². The molecule has 0 aromatic heterocycles. The van der Waals surface area contributed by atoms with Crippen molar-refractivity contribution in [3.63, 3.8) is 0 Å². The van der Waals surface area contributed by atoms with Crippen molar-refractivity contribution in [3.8, 4) is 17.2 Å². The minimum atomic E-state index is -0.556. The van der Waals surface area contributed by atoms with Crippen molar-refractivity contribution < 1.29 is 26.9 Å². The number of nitrogens with zero attached hydrogens (tertiary/aromatic N) is 1. The van der Waals surface area contributed by atoms with Gasteiger partial charge in [0.1, 0.15) is 5.75 Å². The number of rotatable bonds is 4. The quantitative estimate of drug-likeness (QED) is 0.406. The topological polar surface area (TPSA) is 41.8 Å². The fourth-order valence-electron chi connectivity index (χ4n) is 2.00. The van der Waals surface area contributed by atoms with Gasteiger partial charge in [0.05, 0.1) is 5.69 Å². The number of benzene rings is 3. The summed E-state index contributed by atoms with van der Waals surface area (Å²) in [6.07, 6.45) is 1.63. The first kappa shape index (κ1) is 19.5. The Morgan fingerprint density at radius 3 is 2.08 bits per heavy atom. The fourth-order valence-corrected chi connectivity index (χ4v) is 2.00. The molecule has 0 atom stereocenters. The average molecular weight is 408 g/mol. The SMILES string of the molecule is Oc1c(C=Nc2ccccc2)cccc1Oc1ccccc1.[Cl][Ti][Cl]. The molecule has 3 aromatic rings.